The van der Waals surface area contributed by atoms with Gasteiger partial charge < -0.3 is 19.7 Å². The van der Waals surface area contributed by atoms with Crippen molar-refractivity contribution in [3.05, 3.63) is 24.3 Å². The molecule has 1 aromatic carbocycles. The minimum atomic E-state index is -0.819. The van der Waals surface area contributed by atoms with Crippen LogP contribution in [0.5, 0.6) is 11.5 Å². The minimum Gasteiger partial charge on any atom is -0.490 e. The van der Waals surface area contributed by atoms with Gasteiger partial charge in [-0.15, -0.1) is 0 Å². The number of carboxylic acids is 2. The van der Waals surface area contributed by atoms with Crippen molar-refractivity contribution in [2.24, 2.45) is 0 Å². The summed E-state index contributed by atoms with van der Waals surface area (Å²) >= 11 is 0. The Bertz CT molecular complexity index is 529. The van der Waals surface area contributed by atoms with Crippen LogP contribution in [0, 0.1) is 0 Å². The molecule has 26 heavy (non-hydrogen) atoms. The van der Waals surface area contributed by atoms with Gasteiger partial charge in [0.15, 0.2) is 11.5 Å². The van der Waals surface area contributed by atoms with Crippen molar-refractivity contribution < 1.29 is 29.3 Å². The molecule has 0 aliphatic rings. The zero-order valence-electron chi connectivity index (χ0n) is 15.3. The van der Waals surface area contributed by atoms with Gasteiger partial charge in [0.05, 0.1) is 13.2 Å². The molecule has 6 nitrogen and oxygen atoms in total. The van der Waals surface area contributed by atoms with E-state index in [0.29, 0.717) is 31.1 Å². The molecule has 0 heterocycles. The Balaban J connectivity index is 2.09. The number of para-hydroxylation sites is 2. The lowest BCUT2D eigenvalue weighted by atomic mass is 10.1. The number of hydrogen-bond acceptors (Lipinski definition) is 4. The van der Waals surface area contributed by atoms with E-state index in [1.54, 1.807) is 0 Å². The maximum Gasteiger partial charge on any atom is 0.303 e. The van der Waals surface area contributed by atoms with Gasteiger partial charge in [0.25, 0.3) is 0 Å². The highest BCUT2D eigenvalue weighted by Gasteiger charge is 2.05. The summed E-state index contributed by atoms with van der Waals surface area (Å²) in [6.07, 6.45) is 7.97. The molecule has 0 unspecified atom stereocenters. The van der Waals surface area contributed by atoms with Gasteiger partial charge >= 0.3 is 11.9 Å². The smallest absolute Gasteiger partial charge is 0.303 e. The van der Waals surface area contributed by atoms with Gasteiger partial charge in [-0.25, -0.2) is 0 Å². The molecule has 146 valence electrons. The third-order valence-corrected chi connectivity index (χ3v) is 3.93. The van der Waals surface area contributed by atoms with E-state index in [1.807, 2.05) is 24.3 Å². The largest absolute Gasteiger partial charge is 0.490 e. The average Bonchev–Trinajstić information content (AvgIpc) is 2.61. The topological polar surface area (TPSA) is 93.1 Å². The Morgan fingerprint density at radius 3 is 1.62 bits per heavy atom. The van der Waals surface area contributed by atoms with Gasteiger partial charge in [-0.2, -0.15) is 0 Å². The van der Waals surface area contributed by atoms with Gasteiger partial charge in [0.2, 0.25) is 0 Å². The number of carbonyl (C=O) groups is 2. The first-order valence-electron chi connectivity index (χ1n) is 9.38. The first-order chi connectivity index (χ1) is 12.6. The highest BCUT2D eigenvalue weighted by molar-refractivity contribution is 5.66. The van der Waals surface area contributed by atoms with Gasteiger partial charge in [-0.05, 0) is 31.4 Å². The molecule has 0 bridgehead atoms. The number of rotatable bonds is 16. The third kappa shape index (κ3) is 11.3. The number of aliphatic carboxylic acids is 2. The summed E-state index contributed by atoms with van der Waals surface area (Å²) in [5, 5.41) is 17.2. The summed E-state index contributed by atoms with van der Waals surface area (Å²) in [7, 11) is 0. The molecule has 0 aliphatic heterocycles. The number of carboxylic acid groups (broad SMARTS) is 2. The second-order valence-corrected chi connectivity index (χ2v) is 6.26. The van der Waals surface area contributed by atoms with Gasteiger partial charge in [-0.1, -0.05) is 44.2 Å². The van der Waals surface area contributed by atoms with Crippen LogP contribution >= 0.6 is 0 Å². The molecule has 1 rings (SSSR count). The van der Waals surface area contributed by atoms with Crippen LogP contribution in [0.3, 0.4) is 0 Å². The summed E-state index contributed by atoms with van der Waals surface area (Å²) in [6.45, 7) is 0.975. The lowest BCUT2D eigenvalue weighted by Crippen LogP contribution is -2.04. The lowest BCUT2D eigenvalue weighted by molar-refractivity contribution is -0.138. The van der Waals surface area contributed by atoms with E-state index in [-0.39, 0.29) is 12.8 Å². The molecule has 0 atom stereocenters. The van der Waals surface area contributed by atoms with E-state index >= 15 is 0 Å². The lowest BCUT2D eigenvalue weighted by Gasteiger charge is -2.12. The second-order valence-electron chi connectivity index (χ2n) is 6.26. The maximum atomic E-state index is 10.5. The monoisotopic (exact) mass is 366 g/mol. The fourth-order valence-corrected chi connectivity index (χ4v) is 2.54. The average molecular weight is 366 g/mol. The first kappa shape index (κ1) is 21.8. The molecule has 0 aromatic heterocycles. The molecular formula is C20H30O6. The normalized spacial score (nSPS) is 10.5. The highest BCUT2D eigenvalue weighted by Crippen LogP contribution is 2.26. The van der Waals surface area contributed by atoms with Crippen LogP contribution in [0.4, 0.5) is 0 Å². The summed E-state index contributed by atoms with van der Waals surface area (Å²) in [5.74, 6) is -0.193. The quantitative estimate of drug-likeness (QED) is 0.418. The van der Waals surface area contributed by atoms with Crippen molar-refractivity contribution in [3.8, 4) is 11.5 Å². The van der Waals surface area contributed by atoms with Crippen molar-refractivity contribution in [2.45, 2.75) is 64.2 Å². The summed E-state index contributed by atoms with van der Waals surface area (Å²) in [4.78, 5) is 20.9. The fourth-order valence-electron chi connectivity index (χ4n) is 2.54. The van der Waals surface area contributed by atoms with Gasteiger partial charge in [0, 0.05) is 12.8 Å². The summed E-state index contributed by atoms with van der Waals surface area (Å²) in [6, 6.07) is 7.43. The van der Waals surface area contributed by atoms with Crippen molar-refractivity contribution >= 4 is 11.9 Å². The number of benzene rings is 1. The minimum absolute atomic E-state index is 0.0966. The molecule has 0 radical (unpaired) electrons. The Hall–Kier alpha value is -2.24. The molecule has 0 aliphatic carbocycles. The van der Waals surface area contributed by atoms with Crippen LogP contribution in [0.15, 0.2) is 24.3 Å². The van der Waals surface area contributed by atoms with Gasteiger partial charge in [0.1, 0.15) is 0 Å². The Morgan fingerprint density at radius 2 is 1.08 bits per heavy atom. The standard InChI is InChI=1S/C20H30O6/c21-19(22)13-6-4-2-1-3-5-9-15-25-17-11-7-8-12-18(17)26-16-10-14-20(23)24/h7-8,11-12H,1-6,9-10,13-16H2,(H,21,22)(H,23,24). The molecule has 2 N–H and O–H groups in total. The number of ether oxygens (including phenoxy) is 2. The van der Waals surface area contributed by atoms with Crippen LogP contribution in [0.2, 0.25) is 0 Å². The number of hydrogen-bond donors (Lipinski definition) is 2. The van der Waals surface area contributed by atoms with Crippen LogP contribution in [-0.4, -0.2) is 35.4 Å². The van der Waals surface area contributed by atoms with E-state index < -0.39 is 11.9 Å². The maximum absolute atomic E-state index is 10.5. The fraction of sp³-hybridized carbons (Fsp3) is 0.600. The van der Waals surface area contributed by atoms with Crippen molar-refractivity contribution in [2.75, 3.05) is 13.2 Å². The van der Waals surface area contributed by atoms with E-state index in [4.69, 9.17) is 19.7 Å². The Labute approximate surface area is 155 Å². The van der Waals surface area contributed by atoms with E-state index in [9.17, 15) is 9.59 Å². The zero-order valence-corrected chi connectivity index (χ0v) is 15.3. The summed E-state index contributed by atoms with van der Waals surface area (Å²) in [5.41, 5.74) is 0. The third-order valence-electron chi connectivity index (χ3n) is 3.93. The van der Waals surface area contributed by atoms with Gasteiger partial charge in [-0.3, -0.25) is 9.59 Å². The van der Waals surface area contributed by atoms with Crippen LogP contribution in [0.25, 0.3) is 0 Å². The Morgan fingerprint density at radius 1 is 0.654 bits per heavy atom. The van der Waals surface area contributed by atoms with Crippen molar-refractivity contribution in [3.63, 3.8) is 0 Å². The van der Waals surface area contributed by atoms with E-state index in [0.717, 1.165) is 44.9 Å². The van der Waals surface area contributed by atoms with E-state index in [1.165, 1.54) is 0 Å². The Kier molecular flexibility index (Phi) is 11.7. The van der Waals surface area contributed by atoms with Crippen LogP contribution < -0.4 is 9.47 Å². The SMILES string of the molecule is O=C(O)CCCCCCCCCOc1ccccc1OCCCC(=O)O. The molecule has 1 aromatic rings. The molecule has 0 fully saturated rings. The predicted molar refractivity (Wildman–Crippen MR) is 98.9 cm³/mol. The molecule has 0 saturated carbocycles. The van der Waals surface area contributed by atoms with Crippen LogP contribution in [-0.2, 0) is 9.59 Å². The molecule has 0 saturated heterocycles. The highest BCUT2D eigenvalue weighted by atomic mass is 16.5. The predicted octanol–water partition coefficient (Wildman–Crippen LogP) is 4.51. The van der Waals surface area contributed by atoms with Crippen molar-refractivity contribution in [1.82, 2.24) is 0 Å². The molecule has 6 heteroatoms. The molecule has 0 spiro atoms. The molecular weight excluding hydrogens is 336 g/mol. The first-order valence-corrected chi connectivity index (χ1v) is 9.38. The van der Waals surface area contributed by atoms with Crippen LogP contribution in [0.1, 0.15) is 64.2 Å². The molecule has 0 amide bonds. The summed E-state index contributed by atoms with van der Waals surface area (Å²) < 4.78 is 11.4. The second kappa shape index (κ2) is 14.0. The number of unbranched alkanes of at least 4 members (excludes halogenated alkanes) is 6. The van der Waals surface area contributed by atoms with E-state index in [2.05, 4.69) is 0 Å². The van der Waals surface area contributed by atoms with Crippen molar-refractivity contribution in [1.29, 1.82) is 0 Å². The zero-order chi connectivity index (χ0) is 19.0.